The highest BCUT2D eigenvalue weighted by molar-refractivity contribution is 7.75. The number of aliphatic hydroxyl groups is 1. The Morgan fingerprint density at radius 2 is 1.95 bits per heavy atom. The average molecular weight is 312 g/mol. The van der Waals surface area contributed by atoms with E-state index in [1.165, 1.54) is 0 Å². The predicted octanol–water partition coefficient (Wildman–Crippen LogP) is -1.09. The summed E-state index contributed by atoms with van der Waals surface area (Å²) >= 11 is -1.70. The molecular formula is C10H16O9S. The Morgan fingerprint density at radius 1 is 1.25 bits per heavy atom. The molecule has 116 valence electrons. The second-order valence-electron chi connectivity index (χ2n) is 4.24. The van der Waals surface area contributed by atoms with Crippen molar-refractivity contribution >= 4 is 17.5 Å². The number of hydrogen-bond acceptors (Lipinski definition) is 9. The standard InChI is InChI=1S/C10H16O9S/c11-7(1-14-3-8-5-16-10(12)18-8)2-15-4-9-6-17-20(13)19-9/h7-9,11H,1-6H2. The number of aliphatic hydroxyl groups excluding tert-OH is 1. The highest BCUT2D eigenvalue weighted by atomic mass is 32.2. The third-order valence-corrected chi connectivity index (χ3v) is 3.20. The molecule has 2 aliphatic heterocycles. The fraction of sp³-hybridized carbons (Fsp3) is 0.900. The number of hydrogen-bond donors (Lipinski definition) is 1. The molecule has 0 amide bonds. The molecule has 0 aliphatic carbocycles. The first kappa shape index (κ1) is 15.6. The summed E-state index contributed by atoms with van der Waals surface area (Å²) in [6, 6.07) is 0. The van der Waals surface area contributed by atoms with E-state index in [0.29, 0.717) is 0 Å². The summed E-state index contributed by atoms with van der Waals surface area (Å²) in [7, 11) is 0. The number of carbonyl (C=O) groups is 1. The van der Waals surface area contributed by atoms with Crippen molar-refractivity contribution in [1.82, 2.24) is 0 Å². The highest BCUT2D eigenvalue weighted by Crippen LogP contribution is 2.09. The summed E-state index contributed by atoms with van der Waals surface area (Å²) in [4.78, 5) is 10.6. The van der Waals surface area contributed by atoms with Crippen LogP contribution in [0.4, 0.5) is 4.79 Å². The smallest absolute Gasteiger partial charge is 0.430 e. The molecule has 4 unspecified atom stereocenters. The van der Waals surface area contributed by atoms with Gasteiger partial charge in [-0.3, -0.25) is 8.37 Å². The van der Waals surface area contributed by atoms with Crippen LogP contribution in [0.1, 0.15) is 0 Å². The first-order chi connectivity index (χ1) is 9.63. The summed E-state index contributed by atoms with van der Waals surface area (Å²) in [6.45, 7) is 0.779. The lowest BCUT2D eigenvalue weighted by Gasteiger charge is -2.14. The third kappa shape index (κ3) is 5.31. The summed E-state index contributed by atoms with van der Waals surface area (Å²) in [5.74, 6) is 0. The van der Waals surface area contributed by atoms with Crippen LogP contribution in [0.25, 0.3) is 0 Å². The van der Waals surface area contributed by atoms with Gasteiger partial charge in [0, 0.05) is 0 Å². The molecule has 0 saturated carbocycles. The van der Waals surface area contributed by atoms with Crippen LogP contribution in [0.15, 0.2) is 0 Å². The van der Waals surface area contributed by atoms with Crippen LogP contribution in [-0.2, 0) is 38.7 Å². The monoisotopic (exact) mass is 312 g/mol. The van der Waals surface area contributed by atoms with Gasteiger partial charge in [-0.05, 0) is 0 Å². The molecule has 10 heteroatoms. The molecule has 0 spiro atoms. The van der Waals surface area contributed by atoms with E-state index in [1.54, 1.807) is 0 Å². The Labute approximate surface area is 117 Å². The van der Waals surface area contributed by atoms with Crippen molar-refractivity contribution in [3.05, 3.63) is 0 Å². The van der Waals surface area contributed by atoms with Crippen LogP contribution < -0.4 is 0 Å². The van der Waals surface area contributed by atoms with Crippen molar-refractivity contribution in [1.29, 1.82) is 0 Å². The zero-order chi connectivity index (χ0) is 14.4. The van der Waals surface area contributed by atoms with E-state index in [1.807, 2.05) is 0 Å². The normalized spacial score (nSPS) is 31.1. The summed E-state index contributed by atoms with van der Waals surface area (Å²) in [5, 5.41) is 9.58. The Kier molecular flexibility index (Phi) is 6.13. The van der Waals surface area contributed by atoms with Gasteiger partial charge in [0.1, 0.15) is 18.8 Å². The molecule has 0 aromatic rings. The number of ether oxygens (including phenoxy) is 4. The van der Waals surface area contributed by atoms with E-state index in [4.69, 9.17) is 18.4 Å². The van der Waals surface area contributed by atoms with Gasteiger partial charge in [0.2, 0.25) is 0 Å². The van der Waals surface area contributed by atoms with E-state index in [2.05, 4.69) is 8.92 Å². The van der Waals surface area contributed by atoms with Crippen molar-refractivity contribution in [3.8, 4) is 0 Å². The third-order valence-electron chi connectivity index (χ3n) is 2.44. The van der Waals surface area contributed by atoms with Gasteiger partial charge in [0.05, 0.1) is 33.0 Å². The van der Waals surface area contributed by atoms with Gasteiger partial charge in [-0.25, -0.2) is 4.79 Å². The average Bonchev–Trinajstić information content (AvgIpc) is 2.99. The van der Waals surface area contributed by atoms with Gasteiger partial charge in [0.15, 0.2) is 6.10 Å². The van der Waals surface area contributed by atoms with E-state index in [-0.39, 0.29) is 45.7 Å². The second kappa shape index (κ2) is 7.86. The summed E-state index contributed by atoms with van der Waals surface area (Å²) in [6.07, 6.45) is -2.35. The first-order valence-corrected chi connectivity index (χ1v) is 7.02. The van der Waals surface area contributed by atoms with Gasteiger partial charge in [-0.2, -0.15) is 4.21 Å². The lowest BCUT2D eigenvalue weighted by atomic mass is 10.4. The molecule has 4 atom stereocenters. The summed E-state index contributed by atoms with van der Waals surface area (Å²) in [5.41, 5.74) is 0. The SMILES string of the molecule is O=C1OCC(COCC(O)COCC2COS(=O)O2)O1. The quantitative estimate of drug-likeness (QED) is 0.559. The first-order valence-electron chi connectivity index (χ1n) is 6.02. The van der Waals surface area contributed by atoms with Crippen molar-refractivity contribution in [3.63, 3.8) is 0 Å². The van der Waals surface area contributed by atoms with Crippen molar-refractivity contribution in [2.75, 3.05) is 39.6 Å². The fourth-order valence-corrected chi connectivity index (χ4v) is 2.19. The fourth-order valence-electron chi connectivity index (χ4n) is 1.54. The molecule has 2 saturated heterocycles. The molecule has 1 N–H and O–H groups in total. The van der Waals surface area contributed by atoms with E-state index in [9.17, 15) is 14.1 Å². The van der Waals surface area contributed by atoms with Gasteiger partial charge < -0.3 is 24.1 Å². The zero-order valence-electron chi connectivity index (χ0n) is 10.6. The molecule has 20 heavy (non-hydrogen) atoms. The Balaban J connectivity index is 1.47. The van der Waals surface area contributed by atoms with Crippen LogP contribution in [0.2, 0.25) is 0 Å². The molecule has 0 aromatic carbocycles. The Hall–Kier alpha value is -0.780. The van der Waals surface area contributed by atoms with Crippen LogP contribution in [-0.4, -0.2) is 73.4 Å². The van der Waals surface area contributed by atoms with Crippen molar-refractivity contribution in [2.24, 2.45) is 0 Å². The van der Waals surface area contributed by atoms with Crippen LogP contribution in [0.3, 0.4) is 0 Å². The van der Waals surface area contributed by atoms with Gasteiger partial charge in [0.25, 0.3) is 0 Å². The van der Waals surface area contributed by atoms with Gasteiger partial charge in [-0.15, -0.1) is 0 Å². The largest absolute Gasteiger partial charge is 0.508 e. The lowest BCUT2D eigenvalue weighted by molar-refractivity contribution is -0.0447. The van der Waals surface area contributed by atoms with Crippen molar-refractivity contribution < 1.29 is 41.4 Å². The Bertz CT molecular complexity index is 318. The molecule has 0 bridgehead atoms. The van der Waals surface area contributed by atoms with E-state index < -0.39 is 29.7 Å². The van der Waals surface area contributed by atoms with Crippen LogP contribution in [0, 0.1) is 0 Å². The number of rotatable bonds is 8. The molecule has 0 aromatic heterocycles. The molecule has 0 radical (unpaired) electrons. The minimum absolute atomic E-state index is 0.0437. The van der Waals surface area contributed by atoms with Gasteiger partial charge in [-0.1, -0.05) is 0 Å². The predicted molar refractivity (Wildman–Crippen MR) is 62.8 cm³/mol. The minimum Gasteiger partial charge on any atom is -0.430 e. The van der Waals surface area contributed by atoms with Crippen molar-refractivity contribution in [2.45, 2.75) is 18.3 Å². The summed E-state index contributed by atoms with van der Waals surface area (Å²) < 4.78 is 40.0. The zero-order valence-corrected chi connectivity index (χ0v) is 11.4. The van der Waals surface area contributed by atoms with E-state index in [0.717, 1.165) is 0 Å². The second-order valence-corrected chi connectivity index (χ2v) is 5.07. The lowest BCUT2D eigenvalue weighted by Crippen LogP contribution is -2.28. The van der Waals surface area contributed by atoms with E-state index >= 15 is 0 Å². The molecule has 9 nitrogen and oxygen atoms in total. The van der Waals surface area contributed by atoms with Crippen LogP contribution in [0.5, 0.6) is 0 Å². The molecule has 2 aliphatic rings. The maximum atomic E-state index is 10.7. The molecular weight excluding hydrogens is 296 g/mol. The maximum Gasteiger partial charge on any atom is 0.508 e. The maximum absolute atomic E-state index is 10.7. The molecule has 2 heterocycles. The minimum atomic E-state index is -1.70. The number of carbonyl (C=O) groups excluding carboxylic acids is 1. The number of cyclic esters (lactones) is 2. The molecule has 2 rings (SSSR count). The topological polar surface area (TPSA) is 110 Å². The van der Waals surface area contributed by atoms with Crippen LogP contribution >= 0.6 is 0 Å². The highest BCUT2D eigenvalue weighted by Gasteiger charge is 2.26. The Morgan fingerprint density at radius 3 is 2.50 bits per heavy atom. The molecule has 2 fully saturated rings. The van der Waals surface area contributed by atoms with Gasteiger partial charge >= 0.3 is 17.5 Å².